The summed E-state index contributed by atoms with van der Waals surface area (Å²) in [6.07, 6.45) is 2.40. The molecule has 0 aliphatic heterocycles. The third-order valence-corrected chi connectivity index (χ3v) is 6.00. The van der Waals surface area contributed by atoms with Crippen molar-refractivity contribution in [1.82, 2.24) is 15.5 Å². The Kier molecular flexibility index (Phi) is 11.9. The van der Waals surface area contributed by atoms with E-state index in [0.29, 0.717) is 18.6 Å². The van der Waals surface area contributed by atoms with Crippen molar-refractivity contribution in [3.63, 3.8) is 0 Å². The lowest BCUT2D eigenvalue weighted by molar-refractivity contribution is -0.145. The minimum absolute atomic E-state index is 0.0833. The second-order valence-corrected chi connectivity index (χ2v) is 10.9. The first-order chi connectivity index (χ1) is 15.8. The van der Waals surface area contributed by atoms with Crippen molar-refractivity contribution in [2.45, 2.75) is 98.0 Å². The lowest BCUT2D eigenvalue weighted by atomic mass is 9.96. The molecular weight excluding hydrogens is 450 g/mol. The maximum Gasteiger partial charge on any atom is 0.408 e. The van der Waals surface area contributed by atoms with Gasteiger partial charge in [0, 0.05) is 12.1 Å². The summed E-state index contributed by atoms with van der Waals surface area (Å²) in [6, 6.07) is 5.68. The Hall–Kier alpha value is -2.22. The Bertz CT molecular complexity index is 823. The molecule has 34 heavy (non-hydrogen) atoms. The van der Waals surface area contributed by atoms with Crippen LogP contribution in [0.2, 0.25) is 0 Å². The van der Waals surface area contributed by atoms with E-state index in [1.165, 1.54) is 0 Å². The van der Waals surface area contributed by atoms with Crippen LogP contribution in [0.3, 0.4) is 0 Å². The van der Waals surface area contributed by atoms with E-state index in [0.717, 1.165) is 11.1 Å². The van der Waals surface area contributed by atoms with Crippen molar-refractivity contribution in [3.05, 3.63) is 35.4 Å². The highest BCUT2D eigenvalue weighted by atomic mass is 32.2. The number of thioether (sulfide) groups is 1. The van der Waals surface area contributed by atoms with E-state index in [1.807, 2.05) is 65.1 Å². The van der Waals surface area contributed by atoms with Gasteiger partial charge in [-0.3, -0.25) is 9.59 Å². The van der Waals surface area contributed by atoms with Crippen LogP contribution in [0.15, 0.2) is 24.3 Å². The third kappa shape index (κ3) is 9.20. The summed E-state index contributed by atoms with van der Waals surface area (Å²) in [5, 5.41) is 5.76. The zero-order chi connectivity index (χ0) is 26.1. The van der Waals surface area contributed by atoms with Crippen molar-refractivity contribution >= 4 is 29.7 Å². The zero-order valence-electron chi connectivity index (χ0n) is 22.2. The number of nitrogens with zero attached hydrogens (tertiary/aromatic N) is 1. The van der Waals surface area contributed by atoms with Crippen LogP contribution in [0.5, 0.6) is 0 Å². The zero-order valence-corrected chi connectivity index (χ0v) is 23.0. The summed E-state index contributed by atoms with van der Waals surface area (Å²) in [4.78, 5) is 41.8. The summed E-state index contributed by atoms with van der Waals surface area (Å²) in [7, 11) is 0. The molecule has 0 fully saturated rings. The average molecular weight is 494 g/mol. The molecule has 0 saturated carbocycles. The van der Waals surface area contributed by atoms with Gasteiger partial charge >= 0.3 is 6.09 Å². The highest BCUT2D eigenvalue weighted by Gasteiger charge is 2.39. The Morgan fingerprint density at radius 2 is 1.71 bits per heavy atom. The van der Waals surface area contributed by atoms with E-state index in [-0.39, 0.29) is 23.9 Å². The number of ether oxygens (including phenoxy) is 1. The van der Waals surface area contributed by atoms with Gasteiger partial charge in [0.15, 0.2) is 0 Å². The number of aryl methyl sites for hydroxylation is 1. The summed E-state index contributed by atoms with van der Waals surface area (Å²) in [6.45, 7) is 15.0. The summed E-state index contributed by atoms with van der Waals surface area (Å²) >= 11 is 1.59. The number of nitrogens with one attached hydrogen (secondary N) is 2. The summed E-state index contributed by atoms with van der Waals surface area (Å²) in [5.74, 6) is 0.147. The molecule has 0 aliphatic rings. The molecule has 8 heteroatoms. The van der Waals surface area contributed by atoms with E-state index in [1.54, 1.807) is 37.4 Å². The predicted octanol–water partition coefficient (Wildman–Crippen LogP) is 4.83. The van der Waals surface area contributed by atoms with Gasteiger partial charge in [-0.15, -0.1) is 0 Å². The van der Waals surface area contributed by atoms with Gasteiger partial charge in [0.1, 0.15) is 17.7 Å². The molecule has 7 nitrogen and oxygen atoms in total. The molecule has 2 N–H and O–H groups in total. The first-order valence-electron chi connectivity index (χ1n) is 12.0. The first kappa shape index (κ1) is 29.8. The van der Waals surface area contributed by atoms with Crippen molar-refractivity contribution in [2.75, 3.05) is 12.0 Å². The molecule has 0 radical (unpaired) electrons. The molecule has 3 amide bonds. The molecule has 0 heterocycles. The highest BCUT2D eigenvalue weighted by molar-refractivity contribution is 7.98. The molecule has 0 saturated heterocycles. The van der Waals surface area contributed by atoms with Crippen molar-refractivity contribution in [2.24, 2.45) is 0 Å². The van der Waals surface area contributed by atoms with Gasteiger partial charge in [0.25, 0.3) is 0 Å². The fraction of sp³-hybridized carbons (Fsp3) is 0.654. The highest BCUT2D eigenvalue weighted by Crippen LogP contribution is 2.29. The van der Waals surface area contributed by atoms with Gasteiger partial charge < -0.3 is 20.3 Å². The number of benzene rings is 1. The molecule has 3 unspecified atom stereocenters. The topological polar surface area (TPSA) is 87.7 Å². The third-order valence-electron chi connectivity index (χ3n) is 5.36. The Morgan fingerprint density at radius 1 is 1.09 bits per heavy atom. The maximum atomic E-state index is 14.0. The van der Waals surface area contributed by atoms with Gasteiger partial charge in [0.2, 0.25) is 11.8 Å². The Labute approximate surface area is 209 Å². The van der Waals surface area contributed by atoms with E-state index in [9.17, 15) is 14.4 Å². The van der Waals surface area contributed by atoms with Crippen LogP contribution in [-0.2, 0) is 14.3 Å². The molecule has 1 rings (SSSR count). The van der Waals surface area contributed by atoms with Crippen molar-refractivity contribution < 1.29 is 19.1 Å². The second kappa shape index (κ2) is 13.6. The smallest absolute Gasteiger partial charge is 0.408 e. The molecule has 192 valence electrons. The summed E-state index contributed by atoms with van der Waals surface area (Å²) < 4.78 is 5.42. The van der Waals surface area contributed by atoms with Crippen LogP contribution in [0.1, 0.15) is 78.5 Å². The number of carbonyl (C=O) groups excluding carboxylic acids is 3. The second-order valence-electron chi connectivity index (χ2n) is 9.91. The van der Waals surface area contributed by atoms with E-state index in [4.69, 9.17) is 4.74 Å². The van der Waals surface area contributed by atoms with Gasteiger partial charge in [-0.05, 0) is 84.4 Å². The first-order valence-corrected chi connectivity index (χ1v) is 13.4. The fourth-order valence-electron chi connectivity index (χ4n) is 3.59. The van der Waals surface area contributed by atoms with Gasteiger partial charge in [-0.1, -0.05) is 31.2 Å². The number of hydrogen-bond donors (Lipinski definition) is 2. The molecule has 0 aromatic heterocycles. The Balaban J connectivity index is 3.50. The molecule has 0 aliphatic carbocycles. The SMILES string of the molecule is CCC(C)N(C(=O)C(CCSC)NC(=O)OC(C)(C)C)C(C(=O)NC(C)C)c1ccccc1C. The van der Waals surface area contributed by atoms with Gasteiger partial charge in [-0.2, -0.15) is 11.8 Å². The molecule has 0 bridgehead atoms. The number of hydrogen-bond acceptors (Lipinski definition) is 5. The van der Waals surface area contributed by atoms with Crippen molar-refractivity contribution in [3.8, 4) is 0 Å². The standard InChI is InChI=1S/C26H43N3O4S/c1-10-19(5)29(22(23(30)27-17(2)3)20-14-12-11-13-18(20)4)24(31)21(15-16-34-9)28-25(32)33-26(6,7)8/h11-14,17,19,21-22H,10,15-16H2,1-9H3,(H,27,30)(H,28,32). The van der Waals surface area contributed by atoms with Crippen LogP contribution >= 0.6 is 11.8 Å². The number of amides is 3. The largest absolute Gasteiger partial charge is 0.444 e. The predicted molar refractivity (Wildman–Crippen MR) is 140 cm³/mol. The molecule has 1 aromatic rings. The van der Waals surface area contributed by atoms with E-state index in [2.05, 4.69) is 10.6 Å². The van der Waals surface area contributed by atoms with Crippen LogP contribution < -0.4 is 10.6 Å². The van der Waals surface area contributed by atoms with Crippen LogP contribution in [0, 0.1) is 6.92 Å². The lowest BCUT2D eigenvalue weighted by Gasteiger charge is -2.39. The quantitative estimate of drug-likeness (QED) is 0.461. The molecule has 0 spiro atoms. The normalized spacial score (nSPS) is 14.2. The Morgan fingerprint density at radius 3 is 2.21 bits per heavy atom. The van der Waals surface area contributed by atoms with Crippen LogP contribution in [0.25, 0.3) is 0 Å². The molecule has 3 atom stereocenters. The number of alkyl carbamates (subject to hydrolysis) is 1. The average Bonchev–Trinajstić information content (AvgIpc) is 2.72. The van der Waals surface area contributed by atoms with Crippen LogP contribution in [-0.4, -0.2) is 58.5 Å². The minimum atomic E-state index is -0.816. The maximum absolute atomic E-state index is 14.0. The van der Waals surface area contributed by atoms with E-state index >= 15 is 0 Å². The van der Waals surface area contributed by atoms with E-state index < -0.39 is 23.8 Å². The number of rotatable bonds is 11. The van der Waals surface area contributed by atoms with Crippen LogP contribution in [0.4, 0.5) is 4.79 Å². The lowest BCUT2D eigenvalue weighted by Crippen LogP contribution is -2.56. The monoisotopic (exact) mass is 493 g/mol. The number of carbonyl (C=O) groups is 3. The summed E-state index contributed by atoms with van der Waals surface area (Å²) in [5.41, 5.74) is 1.01. The fourth-order valence-corrected chi connectivity index (χ4v) is 4.06. The van der Waals surface area contributed by atoms with Gasteiger partial charge in [0.05, 0.1) is 0 Å². The molecule has 1 aromatic carbocycles. The molecular formula is C26H43N3O4S. The van der Waals surface area contributed by atoms with Gasteiger partial charge in [-0.25, -0.2) is 4.79 Å². The minimum Gasteiger partial charge on any atom is -0.444 e. The van der Waals surface area contributed by atoms with Crippen molar-refractivity contribution in [1.29, 1.82) is 0 Å².